The van der Waals surface area contributed by atoms with Crippen LogP contribution >= 0.6 is 11.8 Å². The lowest BCUT2D eigenvalue weighted by molar-refractivity contribution is 0.0960. The fourth-order valence-electron chi connectivity index (χ4n) is 5.35. The number of hydrogen-bond donors (Lipinski definition) is 2. The van der Waals surface area contributed by atoms with E-state index in [2.05, 4.69) is 55.9 Å². The van der Waals surface area contributed by atoms with Crippen molar-refractivity contribution in [2.75, 3.05) is 45.3 Å². The number of pyridine rings is 2. The number of fused-ring (bicyclic) bond motifs is 1. The Morgan fingerprint density at radius 1 is 1.12 bits per heavy atom. The summed E-state index contributed by atoms with van der Waals surface area (Å²) in [5.41, 5.74) is 4.54. The number of piperidine rings is 1. The van der Waals surface area contributed by atoms with Crippen LogP contribution in [-0.2, 0) is 12.8 Å². The molecule has 41 heavy (non-hydrogen) atoms. The van der Waals surface area contributed by atoms with Gasteiger partial charge in [0.2, 0.25) is 0 Å². The molecule has 2 N–H and O–H groups in total. The average molecular weight is 574 g/mol. The van der Waals surface area contributed by atoms with Gasteiger partial charge in [0.05, 0.1) is 23.0 Å². The summed E-state index contributed by atoms with van der Waals surface area (Å²) in [7, 11) is 3.68. The van der Waals surface area contributed by atoms with Crippen molar-refractivity contribution < 1.29 is 9.18 Å². The SMILES string of the molecule is CNC(=O)c1c(F)cnc2c(CC(CNc3cc(-c4ccc(CC5CCN(C)CC5)nc4)ncn3)SC)cccc12. The summed E-state index contributed by atoms with van der Waals surface area (Å²) in [5, 5.41) is 6.68. The quantitative estimate of drug-likeness (QED) is 0.278. The molecule has 1 saturated heterocycles. The number of likely N-dealkylation sites (tertiary alicyclic amines) is 1. The molecule has 8 nitrogen and oxygen atoms in total. The van der Waals surface area contributed by atoms with Crippen molar-refractivity contribution in [3.05, 3.63) is 77.8 Å². The van der Waals surface area contributed by atoms with Crippen LogP contribution in [-0.4, -0.2) is 76.0 Å². The standard InChI is InChI=1S/C31H36FN7OS/c1-33-31(40)29-25-6-4-5-21(30(25)36-18-26(29)32)14-24(41-3)17-35-28-15-27(37-19-38-28)22-7-8-23(34-16-22)13-20-9-11-39(2)12-10-20/h4-8,15-16,18-20,24H,9-14,17H2,1-3H3,(H,33,40)(H,35,37,38). The summed E-state index contributed by atoms with van der Waals surface area (Å²) in [6.45, 7) is 2.98. The van der Waals surface area contributed by atoms with Gasteiger partial charge in [0, 0.05) is 47.7 Å². The Morgan fingerprint density at radius 2 is 1.95 bits per heavy atom. The predicted octanol–water partition coefficient (Wildman–Crippen LogP) is 4.86. The Labute approximate surface area is 244 Å². The molecule has 4 aromatic rings. The molecule has 0 radical (unpaired) electrons. The third-order valence-corrected chi connectivity index (χ3v) is 8.80. The van der Waals surface area contributed by atoms with E-state index in [1.54, 1.807) is 24.2 Å². The molecule has 214 valence electrons. The number of rotatable bonds is 10. The summed E-state index contributed by atoms with van der Waals surface area (Å²) in [5.74, 6) is 0.354. The van der Waals surface area contributed by atoms with Gasteiger partial charge in [-0.3, -0.25) is 14.8 Å². The molecule has 0 bridgehead atoms. The molecule has 0 saturated carbocycles. The first-order valence-electron chi connectivity index (χ1n) is 14.0. The maximum Gasteiger partial charge on any atom is 0.254 e. The van der Waals surface area contributed by atoms with Crippen molar-refractivity contribution in [1.82, 2.24) is 30.2 Å². The molecule has 1 aromatic carbocycles. The van der Waals surface area contributed by atoms with Gasteiger partial charge in [-0.05, 0) is 75.7 Å². The van der Waals surface area contributed by atoms with Crippen LogP contribution in [0.25, 0.3) is 22.2 Å². The zero-order valence-corrected chi connectivity index (χ0v) is 24.5. The highest BCUT2D eigenvalue weighted by atomic mass is 32.2. The van der Waals surface area contributed by atoms with Crippen molar-refractivity contribution in [2.45, 2.75) is 30.9 Å². The van der Waals surface area contributed by atoms with Crippen LogP contribution in [0.4, 0.5) is 10.2 Å². The number of amides is 1. The van der Waals surface area contributed by atoms with Crippen LogP contribution in [0.15, 0.2) is 55.1 Å². The number of thioether (sulfide) groups is 1. The van der Waals surface area contributed by atoms with Crippen LogP contribution in [0, 0.1) is 11.7 Å². The van der Waals surface area contributed by atoms with Crippen molar-refractivity contribution >= 4 is 34.4 Å². The molecule has 1 unspecified atom stereocenters. The second kappa shape index (κ2) is 13.4. The molecule has 1 amide bonds. The Kier molecular flexibility index (Phi) is 9.41. The summed E-state index contributed by atoms with van der Waals surface area (Å²) >= 11 is 1.73. The number of carbonyl (C=O) groups is 1. The molecule has 3 aromatic heterocycles. The Balaban J connectivity index is 1.24. The smallest absolute Gasteiger partial charge is 0.254 e. The summed E-state index contributed by atoms with van der Waals surface area (Å²) in [6, 6.07) is 11.7. The largest absolute Gasteiger partial charge is 0.369 e. The number of nitrogens with one attached hydrogen (secondary N) is 2. The number of hydrogen-bond acceptors (Lipinski definition) is 8. The van der Waals surface area contributed by atoms with Crippen LogP contribution in [0.3, 0.4) is 0 Å². The van der Waals surface area contributed by atoms with Gasteiger partial charge in [0.15, 0.2) is 5.82 Å². The number of halogens is 1. The van der Waals surface area contributed by atoms with Crippen molar-refractivity contribution in [3.8, 4) is 11.3 Å². The fourth-order valence-corrected chi connectivity index (χ4v) is 5.95. The van der Waals surface area contributed by atoms with Crippen molar-refractivity contribution in [3.63, 3.8) is 0 Å². The lowest BCUT2D eigenvalue weighted by atomic mass is 9.92. The first-order chi connectivity index (χ1) is 19.9. The average Bonchev–Trinajstić information content (AvgIpc) is 3.00. The van der Waals surface area contributed by atoms with Gasteiger partial charge in [-0.15, -0.1) is 0 Å². The Morgan fingerprint density at radius 3 is 2.68 bits per heavy atom. The summed E-state index contributed by atoms with van der Waals surface area (Å²) < 4.78 is 14.5. The minimum absolute atomic E-state index is 0.0241. The van der Waals surface area contributed by atoms with Gasteiger partial charge in [0.25, 0.3) is 5.91 Å². The molecule has 1 aliphatic heterocycles. The molecule has 4 heterocycles. The molecule has 1 aliphatic rings. The number of para-hydroxylation sites is 1. The van der Waals surface area contributed by atoms with Crippen LogP contribution in [0.5, 0.6) is 0 Å². The zero-order valence-electron chi connectivity index (χ0n) is 23.7. The fraction of sp³-hybridized carbons (Fsp3) is 0.387. The van der Waals surface area contributed by atoms with Gasteiger partial charge in [-0.2, -0.15) is 11.8 Å². The minimum Gasteiger partial charge on any atom is -0.369 e. The summed E-state index contributed by atoms with van der Waals surface area (Å²) in [4.78, 5) is 32.7. The summed E-state index contributed by atoms with van der Waals surface area (Å²) in [6.07, 6.45) is 10.8. The van der Waals surface area contributed by atoms with E-state index >= 15 is 0 Å². The molecule has 0 aliphatic carbocycles. The van der Waals surface area contributed by atoms with E-state index in [1.165, 1.54) is 19.9 Å². The topological polar surface area (TPSA) is 95.9 Å². The van der Waals surface area contributed by atoms with Crippen LogP contribution in [0.1, 0.15) is 34.5 Å². The second-order valence-electron chi connectivity index (χ2n) is 10.6. The van der Waals surface area contributed by atoms with E-state index < -0.39 is 11.7 Å². The van der Waals surface area contributed by atoms with E-state index in [0.717, 1.165) is 54.0 Å². The van der Waals surface area contributed by atoms with Gasteiger partial charge >= 0.3 is 0 Å². The lowest BCUT2D eigenvalue weighted by Gasteiger charge is -2.28. The van der Waals surface area contributed by atoms with E-state index in [4.69, 9.17) is 4.98 Å². The first-order valence-corrected chi connectivity index (χ1v) is 15.2. The lowest BCUT2D eigenvalue weighted by Crippen LogP contribution is -2.31. The molecular formula is C31H36FN7OS. The molecule has 0 spiro atoms. The molecule has 5 rings (SSSR count). The second-order valence-corrected chi connectivity index (χ2v) is 11.7. The van der Waals surface area contributed by atoms with E-state index in [-0.39, 0.29) is 10.8 Å². The van der Waals surface area contributed by atoms with E-state index in [0.29, 0.717) is 29.8 Å². The zero-order chi connectivity index (χ0) is 28.8. The number of nitrogens with zero attached hydrogens (tertiary/aromatic N) is 5. The maximum atomic E-state index is 14.5. The Hall–Kier alpha value is -3.63. The molecular weight excluding hydrogens is 537 g/mol. The number of anilines is 1. The molecule has 1 fully saturated rings. The van der Waals surface area contributed by atoms with Crippen LogP contribution < -0.4 is 10.6 Å². The predicted molar refractivity (Wildman–Crippen MR) is 164 cm³/mol. The maximum absolute atomic E-state index is 14.5. The number of carbonyl (C=O) groups excluding carboxylic acids is 1. The minimum atomic E-state index is -0.626. The van der Waals surface area contributed by atoms with Crippen LogP contribution in [0.2, 0.25) is 0 Å². The third-order valence-electron chi connectivity index (χ3n) is 7.80. The number of benzene rings is 1. The van der Waals surface area contributed by atoms with Crippen molar-refractivity contribution in [1.29, 1.82) is 0 Å². The monoisotopic (exact) mass is 573 g/mol. The van der Waals surface area contributed by atoms with Gasteiger partial charge in [0.1, 0.15) is 12.1 Å². The Bertz CT molecular complexity index is 1490. The number of aromatic nitrogens is 4. The first kappa shape index (κ1) is 28.9. The highest BCUT2D eigenvalue weighted by Gasteiger charge is 2.20. The van der Waals surface area contributed by atoms with E-state index in [9.17, 15) is 9.18 Å². The molecule has 1 atom stereocenters. The highest BCUT2D eigenvalue weighted by molar-refractivity contribution is 7.99. The third kappa shape index (κ3) is 7.00. The van der Waals surface area contributed by atoms with Gasteiger partial charge < -0.3 is 15.5 Å². The normalized spacial score (nSPS) is 15.1. The van der Waals surface area contributed by atoms with Crippen molar-refractivity contribution in [2.24, 2.45) is 5.92 Å². The van der Waals surface area contributed by atoms with Gasteiger partial charge in [-0.1, -0.05) is 18.2 Å². The van der Waals surface area contributed by atoms with E-state index in [1.807, 2.05) is 24.4 Å². The molecule has 10 heteroatoms. The van der Waals surface area contributed by atoms with Gasteiger partial charge in [-0.25, -0.2) is 14.4 Å². The highest BCUT2D eigenvalue weighted by Crippen LogP contribution is 2.26.